The van der Waals surface area contributed by atoms with Gasteiger partial charge in [-0.3, -0.25) is 19.2 Å². The summed E-state index contributed by atoms with van der Waals surface area (Å²) in [4.78, 5) is 55.9. The number of ether oxygens (including phenoxy) is 3. The molecule has 3 saturated heterocycles. The summed E-state index contributed by atoms with van der Waals surface area (Å²) < 4.78 is 17.0. The van der Waals surface area contributed by atoms with Gasteiger partial charge in [0.25, 0.3) is 11.8 Å². The Bertz CT molecular complexity index is 1410. The Kier molecular flexibility index (Phi) is 8.89. The molecule has 0 bridgehead atoms. The van der Waals surface area contributed by atoms with Gasteiger partial charge in [0.05, 0.1) is 55.3 Å². The highest BCUT2D eigenvalue weighted by molar-refractivity contribution is 8.01. The largest absolute Gasteiger partial charge is 0.473 e. The number of aliphatic hydroxyl groups is 2. The molecule has 5 heterocycles. The average molecular weight is 647 g/mol. The van der Waals surface area contributed by atoms with Crippen LogP contribution in [0.15, 0.2) is 60.0 Å². The smallest absolute Gasteiger partial charge is 0.311 e. The van der Waals surface area contributed by atoms with E-state index in [1.807, 2.05) is 0 Å². The Balaban J connectivity index is 1.50. The molecule has 5 aliphatic heterocycles. The molecule has 2 amide bonds. The van der Waals surface area contributed by atoms with E-state index in [0.29, 0.717) is 16.7 Å². The lowest BCUT2D eigenvalue weighted by atomic mass is 9.87. The van der Waals surface area contributed by atoms with Crippen molar-refractivity contribution >= 4 is 47.1 Å². The number of fused-ring (bicyclic) bond motifs is 6. The molecule has 44 heavy (non-hydrogen) atoms. The molecule has 13 heteroatoms. The van der Waals surface area contributed by atoms with E-state index in [4.69, 9.17) is 14.2 Å². The van der Waals surface area contributed by atoms with Crippen molar-refractivity contribution < 1.29 is 43.6 Å². The lowest BCUT2D eigenvalue weighted by molar-refractivity contribution is -0.171. The number of hydrogen-bond donors (Lipinski definition) is 2. The highest BCUT2D eigenvalue weighted by Crippen LogP contribution is 2.59. The fourth-order valence-corrected chi connectivity index (χ4v) is 8.74. The third-order valence-electron chi connectivity index (χ3n) is 9.42. The van der Waals surface area contributed by atoms with Crippen LogP contribution in [0.3, 0.4) is 0 Å². The van der Waals surface area contributed by atoms with Gasteiger partial charge in [-0.25, -0.2) is 0 Å². The van der Waals surface area contributed by atoms with E-state index in [2.05, 4.69) is 0 Å². The third kappa shape index (κ3) is 4.74. The standard InChI is InChI=1S/C31H38N2O9S2/c1-7-16(2)25(35)17(3)26(36)18(4)27(37)42-22-9-11-41-15-20-13-31(44-6)28(38)32-23-19(14-40-10-8-21(23)34)12-30(32,43-5)29(39)33(31)24(20)22/h7-11,14-15,17-18,21-24,26,34,36H,12-13H2,1-6H3. The summed E-state index contributed by atoms with van der Waals surface area (Å²) in [6, 6.07) is -1.66. The van der Waals surface area contributed by atoms with Crippen LogP contribution in [-0.2, 0) is 33.4 Å². The first-order chi connectivity index (χ1) is 20.9. The Morgan fingerprint density at radius 2 is 1.50 bits per heavy atom. The summed E-state index contributed by atoms with van der Waals surface area (Å²) >= 11 is 2.42. The van der Waals surface area contributed by atoms with E-state index in [1.165, 1.54) is 77.4 Å². The SMILES string of the molecule is CC=C(C)C(=O)C(C)C(O)C(C)C(=O)OC1C=COC=C2CC3(SC)C(=O)N4C5C(=COC=CC5O)CC4(SC)C(=O)N3C21. The van der Waals surface area contributed by atoms with Gasteiger partial charge < -0.3 is 34.2 Å². The zero-order valence-corrected chi connectivity index (χ0v) is 27.1. The number of esters is 1. The van der Waals surface area contributed by atoms with Crippen LogP contribution in [-0.4, -0.2) is 96.2 Å². The summed E-state index contributed by atoms with van der Waals surface area (Å²) in [7, 11) is 0. The molecule has 11 nitrogen and oxygen atoms in total. The molecule has 238 valence electrons. The molecule has 3 fully saturated rings. The Labute approximate surface area is 265 Å². The normalized spacial score (nSPS) is 34.6. The number of nitrogens with zero attached hydrogens (tertiary/aromatic N) is 2. The van der Waals surface area contributed by atoms with Gasteiger partial charge in [-0.05, 0) is 62.2 Å². The Morgan fingerprint density at radius 1 is 0.977 bits per heavy atom. The fourth-order valence-electron chi connectivity index (χ4n) is 6.78. The number of rotatable bonds is 8. The molecule has 0 spiro atoms. The quantitative estimate of drug-likeness (QED) is 0.297. The first kappa shape index (κ1) is 32.4. The van der Waals surface area contributed by atoms with E-state index in [0.717, 1.165) is 0 Å². The number of carbonyl (C=O) groups is 4. The Morgan fingerprint density at radius 3 is 2.05 bits per heavy atom. The van der Waals surface area contributed by atoms with Gasteiger partial charge in [-0.15, -0.1) is 23.5 Å². The average Bonchev–Trinajstić information content (AvgIpc) is 3.41. The maximum absolute atomic E-state index is 14.8. The van der Waals surface area contributed by atoms with Gasteiger partial charge >= 0.3 is 5.97 Å². The predicted molar refractivity (Wildman–Crippen MR) is 164 cm³/mol. The van der Waals surface area contributed by atoms with E-state index in [1.54, 1.807) is 39.4 Å². The van der Waals surface area contributed by atoms with E-state index in [9.17, 15) is 29.4 Å². The molecule has 0 saturated carbocycles. The molecular formula is C31H38N2O9S2. The number of hydrogen-bond acceptors (Lipinski definition) is 11. The summed E-state index contributed by atoms with van der Waals surface area (Å²) in [5, 5.41) is 22.0. The van der Waals surface area contributed by atoms with Gasteiger partial charge in [0.15, 0.2) is 15.5 Å². The molecule has 0 aromatic carbocycles. The number of amides is 2. The molecule has 9 unspecified atom stereocenters. The van der Waals surface area contributed by atoms with Crippen molar-refractivity contribution in [3.8, 4) is 0 Å². The second-order valence-electron chi connectivity index (χ2n) is 11.7. The van der Waals surface area contributed by atoms with Crippen LogP contribution in [0.25, 0.3) is 0 Å². The summed E-state index contributed by atoms with van der Waals surface area (Å²) in [6.45, 7) is 6.43. The van der Waals surface area contributed by atoms with Gasteiger partial charge in [0, 0.05) is 18.8 Å². The lowest BCUT2D eigenvalue weighted by Crippen LogP contribution is -2.74. The number of thioether (sulfide) groups is 2. The molecule has 0 aromatic rings. The summed E-state index contributed by atoms with van der Waals surface area (Å²) in [5.74, 6) is -3.65. The minimum atomic E-state index is -1.39. The highest BCUT2D eigenvalue weighted by atomic mass is 32.2. The third-order valence-corrected chi connectivity index (χ3v) is 11.8. The van der Waals surface area contributed by atoms with Crippen molar-refractivity contribution in [3.63, 3.8) is 0 Å². The zero-order chi connectivity index (χ0) is 32.1. The Hall–Kier alpha value is -3.00. The predicted octanol–water partition coefficient (Wildman–Crippen LogP) is 2.62. The van der Waals surface area contributed by atoms with E-state index in [-0.39, 0.29) is 30.4 Å². The van der Waals surface area contributed by atoms with Crippen LogP contribution in [0.1, 0.15) is 40.5 Å². The van der Waals surface area contributed by atoms with Crippen molar-refractivity contribution in [3.05, 3.63) is 60.0 Å². The van der Waals surface area contributed by atoms with Crippen molar-refractivity contribution in [2.75, 3.05) is 12.5 Å². The minimum absolute atomic E-state index is 0.112. The van der Waals surface area contributed by atoms with Crippen molar-refractivity contribution in [1.29, 1.82) is 0 Å². The number of Topliss-reactive ketones (excluding diaryl/α,β-unsaturated/α-hetero) is 1. The molecule has 9 atom stereocenters. The maximum Gasteiger partial charge on any atom is 0.311 e. The monoisotopic (exact) mass is 646 g/mol. The van der Waals surface area contributed by atoms with Crippen LogP contribution in [0.2, 0.25) is 0 Å². The first-order valence-electron chi connectivity index (χ1n) is 14.4. The molecular weight excluding hydrogens is 608 g/mol. The topological polar surface area (TPSA) is 143 Å². The lowest BCUT2D eigenvalue weighted by Gasteiger charge is -2.54. The van der Waals surface area contributed by atoms with Crippen molar-refractivity contribution in [2.45, 2.75) is 80.7 Å². The minimum Gasteiger partial charge on any atom is -0.473 e. The van der Waals surface area contributed by atoms with Gasteiger partial charge in [-0.2, -0.15) is 0 Å². The summed E-state index contributed by atoms with van der Waals surface area (Å²) in [6.07, 6.45) is 10.6. The van der Waals surface area contributed by atoms with Crippen molar-refractivity contribution in [1.82, 2.24) is 9.80 Å². The number of piperazine rings is 1. The van der Waals surface area contributed by atoms with Gasteiger partial charge in [0.2, 0.25) is 0 Å². The van der Waals surface area contributed by atoms with Crippen LogP contribution in [0.5, 0.6) is 0 Å². The molecule has 0 aliphatic carbocycles. The number of allylic oxidation sites excluding steroid dienone is 2. The first-order valence-corrected chi connectivity index (χ1v) is 16.9. The summed E-state index contributed by atoms with van der Waals surface area (Å²) in [5.41, 5.74) is 1.69. The number of aliphatic hydroxyl groups excluding tert-OH is 2. The highest BCUT2D eigenvalue weighted by Gasteiger charge is 2.72. The number of carbonyl (C=O) groups excluding carboxylic acids is 4. The van der Waals surface area contributed by atoms with Crippen LogP contribution < -0.4 is 0 Å². The molecule has 0 radical (unpaired) electrons. The van der Waals surface area contributed by atoms with Crippen LogP contribution >= 0.6 is 23.5 Å². The van der Waals surface area contributed by atoms with Gasteiger partial charge in [0.1, 0.15) is 6.10 Å². The second-order valence-corrected chi connectivity index (χ2v) is 13.8. The van der Waals surface area contributed by atoms with Crippen molar-refractivity contribution in [2.24, 2.45) is 11.8 Å². The fraction of sp³-hybridized carbons (Fsp3) is 0.548. The van der Waals surface area contributed by atoms with Crippen LogP contribution in [0.4, 0.5) is 0 Å². The van der Waals surface area contributed by atoms with E-state index >= 15 is 0 Å². The molecule has 0 aromatic heterocycles. The molecule has 2 N–H and O–H groups in total. The van der Waals surface area contributed by atoms with Crippen LogP contribution in [0, 0.1) is 11.8 Å². The molecule has 5 aliphatic rings. The second kappa shape index (κ2) is 12.1. The van der Waals surface area contributed by atoms with E-state index < -0.39 is 57.9 Å². The number of ketones is 1. The van der Waals surface area contributed by atoms with Gasteiger partial charge in [-0.1, -0.05) is 13.0 Å². The molecule has 5 rings (SSSR count). The maximum atomic E-state index is 14.8. The zero-order valence-electron chi connectivity index (χ0n) is 25.5.